The number of carbonyl (C=O) groups excluding carboxylic acids is 1. The van der Waals surface area contributed by atoms with Crippen molar-refractivity contribution in [3.63, 3.8) is 0 Å². The molecule has 0 aliphatic carbocycles. The standard InChI is InChI=1S/C14H19N5OS/c1-14(2,3)13-18-9(8-21-13)4-5-17-11-7-16-6-10(19-11)12(15)20/h6-8H,4-5H2,1-3H3,(H2,15,20)(H,17,19). The van der Waals surface area contributed by atoms with Gasteiger partial charge in [0.05, 0.1) is 23.1 Å². The van der Waals surface area contributed by atoms with E-state index in [-0.39, 0.29) is 11.1 Å². The quantitative estimate of drug-likeness (QED) is 0.881. The van der Waals surface area contributed by atoms with E-state index >= 15 is 0 Å². The average Bonchev–Trinajstić information content (AvgIpc) is 2.88. The maximum absolute atomic E-state index is 11.0. The van der Waals surface area contributed by atoms with Gasteiger partial charge in [-0.25, -0.2) is 9.97 Å². The van der Waals surface area contributed by atoms with Gasteiger partial charge in [0.25, 0.3) is 5.91 Å². The Balaban J connectivity index is 1.91. The summed E-state index contributed by atoms with van der Waals surface area (Å²) in [5.41, 5.74) is 6.46. The largest absolute Gasteiger partial charge is 0.368 e. The lowest BCUT2D eigenvalue weighted by atomic mass is 9.98. The van der Waals surface area contributed by atoms with Crippen LogP contribution in [0, 0.1) is 0 Å². The maximum atomic E-state index is 11.0. The summed E-state index contributed by atoms with van der Waals surface area (Å²) in [4.78, 5) is 23.7. The number of hydrogen-bond donors (Lipinski definition) is 2. The Morgan fingerprint density at radius 3 is 2.71 bits per heavy atom. The van der Waals surface area contributed by atoms with Gasteiger partial charge < -0.3 is 11.1 Å². The lowest BCUT2D eigenvalue weighted by Gasteiger charge is -2.13. The highest BCUT2D eigenvalue weighted by atomic mass is 32.1. The van der Waals surface area contributed by atoms with Crippen LogP contribution in [0.1, 0.15) is 42.0 Å². The molecule has 2 aromatic rings. The van der Waals surface area contributed by atoms with Gasteiger partial charge in [-0.15, -0.1) is 11.3 Å². The van der Waals surface area contributed by atoms with Gasteiger partial charge in [-0.1, -0.05) is 20.8 Å². The van der Waals surface area contributed by atoms with Crippen LogP contribution in [0.2, 0.25) is 0 Å². The highest BCUT2D eigenvalue weighted by Crippen LogP contribution is 2.25. The van der Waals surface area contributed by atoms with Crippen LogP contribution in [0.3, 0.4) is 0 Å². The second-order valence-corrected chi connectivity index (χ2v) is 6.58. The molecule has 1 amide bonds. The molecule has 0 saturated heterocycles. The highest BCUT2D eigenvalue weighted by molar-refractivity contribution is 7.09. The molecule has 6 nitrogen and oxygen atoms in total. The van der Waals surface area contributed by atoms with Crippen molar-refractivity contribution in [3.05, 3.63) is 34.2 Å². The first kappa shape index (κ1) is 15.4. The monoisotopic (exact) mass is 305 g/mol. The molecule has 0 saturated carbocycles. The lowest BCUT2D eigenvalue weighted by Crippen LogP contribution is -2.15. The van der Waals surface area contributed by atoms with Crippen molar-refractivity contribution in [2.24, 2.45) is 5.73 Å². The van der Waals surface area contributed by atoms with Crippen LogP contribution in [-0.4, -0.2) is 27.4 Å². The predicted octanol–water partition coefficient (Wildman–Crippen LogP) is 1.98. The first-order valence-corrected chi connectivity index (χ1v) is 7.55. The van der Waals surface area contributed by atoms with Gasteiger partial charge in [-0.2, -0.15) is 0 Å². The summed E-state index contributed by atoms with van der Waals surface area (Å²) >= 11 is 1.68. The molecule has 2 heterocycles. The van der Waals surface area contributed by atoms with Crippen LogP contribution < -0.4 is 11.1 Å². The molecular formula is C14H19N5OS. The normalized spacial score (nSPS) is 11.4. The molecule has 0 unspecified atom stereocenters. The van der Waals surface area contributed by atoms with Crippen molar-refractivity contribution >= 4 is 23.1 Å². The van der Waals surface area contributed by atoms with Crippen LogP contribution in [0.4, 0.5) is 5.82 Å². The Kier molecular flexibility index (Phi) is 4.52. The van der Waals surface area contributed by atoms with Crippen molar-refractivity contribution < 1.29 is 4.79 Å². The summed E-state index contributed by atoms with van der Waals surface area (Å²) in [7, 11) is 0. The number of rotatable bonds is 5. The van der Waals surface area contributed by atoms with Crippen LogP contribution >= 0.6 is 11.3 Å². The molecule has 7 heteroatoms. The number of anilines is 1. The molecule has 0 aromatic carbocycles. The van der Waals surface area contributed by atoms with Gasteiger partial charge in [-0.05, 0) is 0 Å². The summed E-state index contributed by atoms with van der Waals surface area (Å²) in [6.07, 6.45) is 3.70. The van der Waals surface area contributed by atoms with Crippen molar-refractivity contribution in [1.29, 1.82) is 0 Å². The van der Waals surface area contributed by atoms with Crippen molar-refractivity contribution in [2.75, 3.05) is 11.9 Å². The second kappa shape index (κ2) is 6.17. The number of primary amides is 1. The molecule has 0 bridgehead atoms. The van der Waals surface area contributed by atoms with Crippen LogP contribution in [0.5, 0.6) is 0 Å². The third-order valence-electron chi connectivity index (χ3n) is 2.77. The number of aromatic nitrogens is 3. The van der Waals surface area contributed by atoms with E-state index in [0.717, 1.165) is 17.1 Å². The van der Waals surface area contributed by atoms with E-state index in [1.807, 2.05) is 0 Å². The molecule has 112 valence electrons. The van der Waals surface area contributed by atoms with E-state index in [1.54, 1.807) is 17.5 Å². The molecule has 2 rings (SSSR count). The number of nitrogens with two attached hydrogens (primary N) is 1. The van der Waals surface area contributed by atoms with E-state index in [0.29, 0.717) is 12.4 Å². The number of nitrogens with one attached hydrogen (secondary N) is 1. The molecule has 0 radical (unpaired) electrons. The third-order valence-corrected chi connectivity index (χ3v) is 4.08. The van der Waals surface area contributed by atoms with Gasteiger partial charge in [0.1, 0.15) is 11.5 Å². The molecule has 0 spiro atoms. The smallest absolute Gasteiger partial charge is 0.268 e. The number of amides is 1. The van der Waals surface area contributed by atoms with E-state index in [1.165, 1.54) is 6.20 Å². The number of hydrogen-bond acceptors (Lipinski definition) is 6. The summed E-state index contributed by atoms with van der Waals surface area (Å²) in [5, 5.41) is 6.33. The van der Waals surface area contributed by atoms with E-state index < -0.39 is 5.91 Å². The van der Waals surface area contributed by atoms with Gasteiger partial charge in [0, 0.05) is 23.8 Å². The van der Waals surface area contributed by atoms with E-state index in [4.69, 9.17) is 5.73 Å². The van der Waals surface area contributed by atoms with Gasteiger partial charge in [0.15, 0.2) is 0 Å². The van der Waals surface area contributed by atoms with Crippen molar-refractivity contribution in [3.8, 4) is 0 Å². The third kappa shape index (κ3) is 4.22. The van der Waals surface area contributed by atoms with Crippen molar-refractivity contribution in [2.45, 2.75) is 32.6 Å². The number of thiazole rings is 1. The Morgan fingerprint density at radius 2 is 2.10 bits per heavy atom. The van der Waals surface area contributed by atoms with Gasteiger partial charge >= 0.3 is 0 Å². The summed E-state index contributed by atoms with van der Waals surface area (Å²) in [6.45, 7) is 7.13. The maximum Gasteiger partial charge on any atom is 0.268 e. The molecule has 21 heavy (non-hydrogen) atoms. The fourth-order valence-electron chi connectivity index (χ4n) is 1.65. The second-order valence-electron chi connectivity index (χ2n) is 5.72. The lowest BCUT2D eigenvalue weighted by molar-refractivity contribution is 0.0995. The number of carbonyl (C=O) groups is 1. The minimum Gasteiger partial charge on any atom is -0.368 e. The van der Waals surface area contributed by atoms with Crippen molar-refractivity contribution in [1.82, 2.24) is 15.0 Å². The average molecular weight is 305 g/mol. The fraction of sp³-hybridized carbons (Fsp3) is 0.429. The Hall–Kier alpha value is -2.02. The molecule has 0 aliphatic rings. The number of nitrogens with zero attached hydrogens (tertiary/aromatic N) is 3. The first-order chi connectivity index (χ1) is 9.86. The predicted molar refractivity (Wildman–Crippen MR) is 83.6 cm³/mol. The van der Waals surface area contributed by atoms with E-state index in [9.17, 15) is 4.79 Å². The topological polar surface area (TPSA) is 93.8 Å². The molecule has 0 aliphatic heterocycles. The molecular weight excluding hydrogens is 286 g/mol. The first-order valence-electron chi connectivity index (χ1n) is 6.67. The molecule has 0 atom stereocenters. The zero-order chi connectivity index (χ0) is 15.5. The van der Waals surface area contributed by atoms with Crippen LogP contribution in [-0.2, 0) is 11.8 Å². The summed E-state index contributed by atoms with van der Waals surface area (Å²) < 4.78 is 0. The SMILES string of the molecule is CC(C)(C)c1nc(CCNc2cncc(C(N)=O)n2)cs1. The van der Waals surface area contributed by atoms with Gasteiger partial charge in [-0.3, -0.25) is 9.78 Å². The minimum absolute atomic E-state index is 0.0810. The van der Waals surface area contributed by atoms with E-state index in [2.05, 4.69) is 46.4 Å². The van der Waals surface area contributed by atoms with Gasteiger partial charge in [0.2, 0.25) is 0 Å². The Bertz CT molecular complexity index is 632. The highest BCUT2D eigenvalue weighted by Gasteiger charge is 2.17. The summed E-state index contributed by atoms with van der Waals surface area (Å²) in [5.74, 6) is -0.0435. The zero-order valence-corrected chi connectivity index (χ0v) is 13.2. The summed E-state index contributed by atoms with van der Waals surface area (Å²) in [6, 6.07) is 0. The molecule has 2 aromatic heterocycles. The molecule has 0 fully saturated rings. The zero-order valence-electron chi connectivity index (χ0n) is 12.4. The fourth-order valence-corrected chi connectivity index (χ4v) is 2.60. The molecule has 3 N–H and O–H groups in total. The Labute approximate surface area is 127 Å². The Morgan fingerprint density at radius 1 is 1.33 bits per heavy atom. The van der Waals surface area contributed by atoms with Crippen LogP contribution in [0.25, 0.3) is 0 Å². The van der Waals surface area contributed by atoms with Crippen LogP contribution in [0.15, 0.2) is 17.8 Å². The minimum atomic E-state index is -0.583.